The lowest BCUT2D eigenvalue weighted by Gasteiger charge is -2.34. The Hall–Kier alpha value is -1.97. The average molecular weight is 387 g/mol. The number of piperazine rings is 1. The van der Waals surface area contributed by atoms with Crippen LogP contribution in [-0.2, 0) is 21.4 Å². The lowest BCUT2D eigenvalue weighted by molar-refractivity contribution is -0.133. The number of rotatable bonds is 4. The van der Waals surface area contributed by atoms with Crippen molar-refractivity contribution >= 4 is 27.5 Å². The van der Waals surface area contributed by atoms with Crippen molar-refractivity contribution in [2.24, 2.45) is 0 Å². The summed E-state index contributed by atoms with van der Waals surface area (Å²) in [5.74, 6) is -0.647. The summed E-state index contributed by atoms with van der Waals surface area (Å²) in [5.41, 5.74) is 0. The summed E-state index contributed by atoms with van der Waals surface area (Å²) in [6.07, 6.45) is 1.61. The van der Waals surface area contributed by atoms with Gasteiger partial charge in [0.2, 0.25) is 15.9 Å². The molecule has 0 saturated carbocycles. The molecule has 1 aliphatic heterocycles. The molecule has 1 aromatic heterocycles. The first-order valence-electron chi connectivity index (χ1n) is 7.59. The van der Waals surface area contributed by atoms with Gasteiger partial charge in [0.1, 0.15) is 12.4 Å². The third kappa shape index (κ3) is 4.00. The molecule has 0 atom stereocenters. The summed E-state index contributed by atoms with van der Waals surface area (Å²) >= 11 is 5.71. The number of halogens is 2. The van der Waals surface area contributed by atoms with E-state index < -0.39 is 15.8 Å². The van der Waals surface area contributed by atoms with Gasteiger partial charge in [-0.3, -0.25) is 9.48 Å². The normalized spacial score (nSPS) is 16.2. The van der Waals surface area contributed by atoms with Crippen LogP contribution in [0.5, 0.6) is 0 Å². The van der Waals surface area contributed by atoms with Gasteiger partial charge in [-0.25, -0.2) is 12.8 Å². The molecule has 0 unspecified atom stereocenters. The number of sulfonamides is 1. The molecule has 1 fully saturated rings. The van der Waals surface area contributed by atoms with E-state index in [1.54, 1.807) is 17.2 Å². The molecule has 1 saturated heterocycles. The molecule has 0 spiro atoms. The number of nitrogens with zero attached hydrogens (tertiary/aromatic N) is 4. The van der Waals surface area contributed by atoms with E-state index >= 15 is 0 Å². The molecule has 1 aromatic carbocycles. The zero-order valence-electron chi connectivity index (χ0n) is 13.2. The van der Waals surface area contributed by atoms with Gasteiger partial charge in [-0.2, -0.15) is 9.40 Å². The van der Waals surface area contributed by atoms with Gasteiger partial charge >= 0.3 is 0 Å². The van der Waals surface area contributed by atoms with Crippen molar-refractivity contribution in [1.82, 2.24) is 19.0 Å². The highest BCUT2D eigenvalue weighted by atomic mass is 35.5. The summed E-state index contributed by atoms with van der Waals surface area (Å²) in [6.45, 7) is 0.997. The Morgan fingerprint density at radius 1 is 1.12 bits per heavy atom. The fraction of sp³-hybridized carbons (Fsp3) is 0.333. The molecule has 25 heavy (non-hydrogen) atoms. The van der Waals surface area contributed by atoms with E-state index in [-0.39, 0.29) is 43.5 Å². The number of carbonyl (C=O) groups excluding carboxylic acids is 1. The van der Waals surface area contributed by atoms with Crippen molar-refractivity contribution in [2.45, 2.75) is 11.4 Å². The maximum Gasteiger partial charge on any atom is 0.244 e. The van der Waals surface area contributed by atoms with E-state index in [9.17, 15) is 17.6 Å². The predicted molar refractivity (Wildman–Crippen MR) is 89.0 cm³/mol. The Morgan fingerprint density at radius 2 is 1.76 bits per heavy atom. The topological polar surface area (TPSA) is 75.5 Å². The lowest BCUT2D eigenvalue weighted by atomic mass is 10.3. The minimum absolute atomic E-state index is 0.0415. The van der Waals surface area contributed by atoms with Crippen LogP contribution in [0, 0.1) is 5.82 Å². The van der Waals surface area contributed by atoms with Crippen LogP contribution in [0.4, 0.5) is 4.39 Å². The molecule has 2 heterocycles. The molecule has 10 heteroatoms. The van der Waals surface area contributed by atoms with E-state index in [0.29, 0.717) is 5.15 Å². The first-order chi connectivity index (χ1) is 11.9. The van der Waals surface area contributed by atoms with Gasteiger partial charge in [-0.15, -0.1) is 0 Å². The smallest absolute Gasteiger partial charge is 0.244 e. The number of carbonyl (C=O) groups is 1. The second kappa shape index (κ2) is 7.11. The van der Waals surface area contributed by atoms with Crippen LogP contribution in [0.3, 0.4) is 0 Å². The van der Waals surface area contributed by atoms with Gasteiger partial charge < -0.3 is 4.90 Å². The standard InChI is InChI=1S/C15H16ClFN4O3S/c16-14-5-6-20(18-14)11-15(22)19-7-9-21(10-8-19)25(23,24)13-3-1-12(17)2-4-13/h1-6H,7-11H2. The maximum atomic E-state index is 13.0. The van der Waals surface area contributed by atoms with Crippen LogP contribution >= 0.6 is 11.6 Å². The van der Waals surface area contributed by atoms with Crippen molar-refractivity contribution < 1.29 is 17.6 Å². The van der Waals surface area contributed by atoms with Crippen LogP contribution in [0.25, 0.3) is 0 Å². The van der Waals surface area contributed by atoms with Crippen LogP contribution in [0.15, 0.2) is 41.4 Å². The van der Waals surface area contributed by atoms with E-state index in [2.05, 4.69) is 5.10 Å². The van der Waals surface area contributed by atoms with Crippen molar-refractivity contribution in [2.75, 3.05) is 26.2 Å². The number of benzene rings is 1. The molecule has 134 valence electrons. The molecular formula is C15H16ClFN4O3S. The second-order valence-electron chi connectivity index (χ2n) is 5.57. The molecule has 1 amide bonds. The molecule has 3 rings (SSSR count). The highest BCUT2D eigenvalue weighted by Gasteiger charge is 2.30. The van der Waals surface area contributed by atoms with Crippen molar-refractivity contribution in [3.05, 3.63) is 47.5 Å². The van der Waals surface area contributed by atoms with E-state index in [0.717, 1.165) is 12.1 Å². The van der Waals surface area contributed by atoms with Gasteiger partial charge in [0.25, 0.3) is 0 Å². The van der Waals surface area contributed by atoms with E-state index in [1.165, 1.54) is 21.1 Å². The summed E-state index contributed by atoms with van der Waals surface area (Å²) in [5, 5.41) is 4.25. The maximum absolute atomic E-state index is 13.0. The first-order valence-corrected chi connectivity index (χ1v) is 9.40. The summed E-state index contributed by atoms with van der Waals surface area (Å²) < 4.78 is 40.8. The first kappa shape index (κ1) is 17.8. The minimum atomic E-state index is -3.69. The molecule has 7 nitrogen and oxygen atoms in total. The fourth-order valence-electron chi connectivity index (χ4n) is 2.60. The predicted octanol–water partition coefficient (Wildman–Crippen LogP) is 1.21. The highest BCUT2D eigenvalue weighted by molar-refractivity contribution is 7.89. The van der Waals surface area contributed by atoms with Gasteiger partial charge in [0, 0.05) is 32.4 Å². The Labute approximate surface area is 149 Å². The average Bonchev–Trinajstić information content (AvgIpc) is 3.00. The molecule has 0 N–H and O–H groups in total. The third-order valence-electron chi connectivity index (χ3n) is 3.95. The zero-order valence-corrected chi connectivity index (χ0v) is 14.7. The number of amides is 1. The molecule has 0 aliphatic carbocycles. The number of aromatic nitrogens is 2. The van der Waals surface area contributed by atoms with Gasteiger partial charge in [-0.1, -0.05) is 11.6 Å². The van der Waals surface area contributed by atoms with Crippen LogP contribution in [0.1, 0.15) is 0 Å². The third-order valence-corrected chi connectivity index (χ3v) is 6.06. The Bertz CT molecular complexity index is 861. The minimum Gasteiger partial charge on any atom is -0.338 e. The largest absolute Gasteiger partial charge is 0.338 e. The molecule has 0 bridgehead atoms. The van der Waals surface area contributed by atoms with Crippen molar-refractivity contribution in [1.29, 1.82) is 0 Å². The van der Waals surface area contributed by atoms with E-state index in [4.69, 9.17) is 11.6 Å². The number of hydrogen-bond donors (Lipinski definition) is 0. The van der Waals surface area contributed by atoms with Crippen molar-refractivity contribution in [3.63, 3.8) is 0 Å². The Kier molecular flexibility index (Phi) is 5.07. The molecular weight excluding hydrogens is 371 g/mol. The summed E-state index contributed by atoms with van der Waals surface area (Å²) in [4.78, 5) is 13.9. The zero-order chi connectivity index (χ0) is 18.0. The van der Waals surface area contributed by atoms with Crippen LogP contribution in [-0.4, -0.2) is 59.5 Å². The van der Waals surface area contributed by atoms with Gasteiger partial charge in [-0.05, 0) is 30.3 Å². The summed E-state index contributed by atoms with van der Waals surface area (Å²) in [6, 6.07) is 6.29. The lowest BCUT2D eigenvalue weighted by Crippen LogP contribution is -2.51. The monoisotopic (exact) mass is 386 g/mol. The molecule has 0 radical (unpaired) electrons. The van der Waals surface area contributed by atoms with Gasteiger partial charge in [0.15, 0.2) is 5.15 Å². The summed E-state index contributed by atoms with van der Waals surface area (Å²) in [7, 11) is -3.69. The Balaban J connectivity index is 1.61. The van der Waals surface area contributed by atoms with Crippen LogP contribution in [0.2, 0.25) is 5.15 Å². The fourth-order valence-corrected chi connectivity index (χ4v) is 4.17. The van der Waals surface area contributed by atoms with Gasteiger partial charge in [0.05, 0.1) is 4.90 Å². The number of hydrogen-bond acceptors (Lipinski definition) is 4. The van der Waals surface area contributed by atoms with Crippen molar-refractivity contribution in [3.8, 4) is 0 Å². The SMILES string of the molecule is O=C(Cn1ccc(Cl)n1)N1CCN(S(=O)(=O)c2ccc(F)cc2)CC1. The van der Waals surface area contributed by atoms with Crippen LogP contribution < -0.4 is 0 Å². The molecule has 2 aromatic rings. The highest BCUT2D eigenvalue weighted by Crippen LogP contribution is 2.18. The molecule has 1 aliphatic rings. The van der Waals surface area contributed by atoms with E-state index in [1.807, 2.05) is 0 Å². The second-order valence-corrected chi connectivity index (χ2v) is 7.90. The Morgan fingerprint density at radius 3 is 2.32 bits per heavy atom. The quantitative estimate of drug-likeness (QED) is 0.791.